The maximum atomic E-state index is 12.3. The van der Waals surface area contributed by atoms with Crippen molar-refractivity contribution in [2.75, 3.05) is 13.1 Å². The van der Waals surface area contributed by atoms with Gasteiger partial charge < -0.3 is 10.2 Å². The Balaban J connectivity index is 1.71. The Morgan fingerprint density at radius 1 is 0.913 bits per heavy atom. The highest BCUT2D eigenvalue weighted by Gasteiger charge is 2.33. The van der Waals surface area contributed by atoms with Gasteiger partial charge in [-0.15, -0.1) is 0 Å². The Labute approximate surface area is 136 Å². The molecule has 0 spiro atoms. The fourth-order valence-corrected chi connectivity index (χ4v) is 2.94. The summed E-state index contributed by atoms with van der Waals surface area (Å²) >= 11 is 0. The van der Waals surface area contributed by atoms with E-state index in [1.165, 1.54) is 11.1 Å². The number of rotatable bonds is 5. The molecule has 2 aromatic carbocycles. The van der Waals surface area contributed by atoms with Crippen LogP contribution >= 0.6 is 0 Å². The molecule has 23 heavy (non-hydrogen) atoms. The van der Waals surface area contributed by atoms with Gasteiger partial charge in [-0.2, -0.15) is 0 Å². The van der Waals surface area contributed by atoms with Crippen LogP contribution in [0.5, 0.6) is 0 Å². The maximum absolute atomic E-state index is 12.3. The van der Waals surface area contributed by atoms with Gasteiger partial charge in [-0.3, -0.25) is 9.59 Å². The van der Waals surface area contributed by atoms with E-state index < -0.39 is 11.8 Å². The summed E-state index contributed by atoms with van der Waals surface area (Å²) in [6.07, 6.45) is 1.51. The first-order valence-corrected chi connectivity index (χ1v) is 7.90. The first-order valence-electron chi connectivity index (χ1n) is 7.90. The number of piperazine rings is 1. The topological polar surface area (TPSA) is 49.4 Å². The van der Waals surface area contributed by atoms with Crippen molar-refractivity contribution in [1.82, 2.24) is 10.2 Å². The first kappa shape index (κ1) is 15.3. The summed E-state index contributed by atoms with van der Waals surface area (Å²) in [5.74, 6) is -0.921. The van der Waals surface area contributed by atoms with Gasteiger partial charge in [0.25, 0.3) is 0 Å². The molecule has 1 N–H and O–H groups in total. The zero-order valence-corrected chi connectivity index (χ0v) is 12.9. The van der Waals surface area contributed by atoms with Crippen molar-refractivity contribution in [3.8, 4) is 0 Å². The predicted octanol–water partition coefficient (Wildman–Crippen LogP) is 1.80. The van der Waals surface area contributed by atoms with Crippen LogP contribution in [0.15, 0.2) is 60.7 Å². The van der Waals surface area contributed by atoms with Gasteiger partial charge in [0.2, 0.25) is 0 Å². The highest BCUT2D eigenvalue weighted by atomic mass is 16.2. The monoisotopic (exact) mass is 308 g/mol. The lowest BCUT2D eigenvalue weighted by Crippen LogP contribution is -2.59. The van der Waals surface area contributed by atoms with E-state index in [1.54, 1.807) is 4.90 Å². The molecule has 0 aliphatic carbocycles. The summed E-state index contributed by atoms with van der Waals surface area (Å²) in [6, 6.07) is 20.1. The van der Waals surface area contributed by atoms with Gasteiger partial charge in [-0.25, -0.2) is 0 Å². The van der Waals surface area contributed by atoms with E-state index in [0.717, 1.165) is 12.8 Å². The van der Waals surface area contributed by atoms with Crippen LogP contribution in [0.1, 0.15) is 11.1 Å². The Kier molecular flexibility index (Phi) is 4.71. The van der Waals surface area contributed by atoms with Crippen LogP contribution in [-0.2, 0) is 22.4 Å². The lowest BCUT2D eigenvalue weighted by Gasteiger charge is -2.35. The lowest BCUT2D eigenvalue weighted by molar-refractivity contribution is -0.150. The van der Waals surface area contributed by atoms with Crippen LogP contribution < -0.4 is 5.32 Å². The summed E-state index contributed by atoms with van der Waals surface area (Å²) < 4.78 is 0. The van der Waals surface area contributed by atoms with Crippen LogP contribution in [-0.4, -0.2) is 35.8 Å². The molecule has 1 atom stereocenters. The molecule has 118 valence electrons. The van der Waals surface area contributed by atoms with Gasteiger partial charge in [-0.05, 0) is 24.0 Å². The molecule has 4 heteroatoms. The third-order valence-electron chi connectivity index (χ3n) is 4.19. The molecule has 2 aromatic rings. The number of nitrogens with zero attached hydrogens (tertiary/aromatic N) is 1. The van der Waals surface area contributed by atoms with Crippen molar-refractivity contribution in [2.45, 2.75) is 18.9 Å². The van der Waals surface area contributed by atoms with Crippen molar-refractivity contribution in [1.29, 1.82) is 0 Å². The minimum absolute atomic E-state index is 0.00584. The van der Waals surface area contributed by atoms with Crippen LogP contribution in [0.25, 0.3) is 0 Å². The van der Waals surface area contributed by atoms with Crippen molar-refractivity contribution in [3.63, 3.8) is 0 Å². The average molecular weight is 308 g/mol. The van der Waals surface area contributed by atoms with E-state index in [-0.39, 0.29) is 6.04 Å². The molecule has 4 nitrogen and oxygen atoms in total. The highest BCUT2D eigenvalue weighted by Crippen LogP contribution is 2.13. The molecule has 1 fully saturated rings. The lowest BCUT2D eigenvalue weighted by atomic mass is 10.0. The second-order valence-corrected chi connectivity index (χ2v) is 5.79. The van der Waals surface area contributed by atoms with E-state index in [4.69, 9.17) is 0 Å². The number of hydrogen-bond donors (Lipinski definition) is 1. The van der Waals surface area contributed by atoms with E-state index in [2.05, 4.69) is 17.4 Å². The molecule has 0 radical (unpaired) electrons. The SMILES string of the molecule is O=C1NC[C@H](Cc2ccccc2)N(CCc2ccccc2)C1=O. The van der Waals surface area contributed by atoms with E-state index in [0.29, 0.717) is 13.1 Å². The Morgan fingerprint density at radius 3 is 2.17 bits per heavy atom. The highest BCUT2D eigenvalue weighted by molar-refractivity contribution is 6.35. The van der Waals surface area contributed by atoms with Crippen molar-refractivity contribution in [3.05, 3.63) is 71.8 Å². The van der Waals surface area contributed by atoms with Gasteiger partial charge >= 0.3 is 11.8 Å². The van der Waals surface area contributed by atoms with Gasteiger partial charge in [0.1, 0.15) is 0 Å². The number of nitrogens with one attached hydrogen (secondary N) is 1. The molecule has 0 aromatic heterocycles. The molecule has 1 saturated heterocycles. The fraction of sp³-hybridized carbons (Fsp3) is 0.263. The average Bonchev–Trinajstić information content (AvgIpc) is 2.60. The smallest absolute Gasteiger partial charge is 0.312 e. The van der Waals surface area contributed by atoms with E-state index in [1.807, 2.05) is 48.5 Å². The summed E-state index contributed by atoms with van der Waals surface area (Å²) in [5, 5.41) is 2.70. The Morgan fingerprint density at radius 2 is 1.52 bits per heavy atom. The van der Waals surface area contributed by atoms with Gasteiger partial charge in [0.15, 0.2) is 0 Å². The second-order valence-electron chi connectivity index (χ2n) is 5.79. The molecule has 1 heterocycles. The molecule has 0 saturated carbocycles. The van der Waals surface area contributed by atoms with Crippen molar-refractivity contribution in [2.24, 2.45) is 0 Å². The van der Waals surface area contributed by atoms with Crippen molar-refractivity contribution < 1.29 is 9.59 Å². The molecule has 2 amide bonds. The largest absolute Gasteiger partial charge is 0.346 e. The van der Waals surface area contributed by atoms with Gasteiger partial charge in [0, 0.05) is 13.1 Å². The fourth-order valence-electron chi connectivity index (χ4n) is 2.94. The third kappa shape index (κ3) is 3.77. The molecule has 1 aliphatic rings. The molecule has 0 bridgehead atoms. The normalized spacial score (nSPS) is 17.9. The van der Waals surface area contributed by atoms with Crippen LogP contribution in [0.4, 0.5) is 0 Å². The maximum Gasteiger partial charge on any atom is 0.312 e. The summed E-state index contributed by atoms with van der Waals surface area (Å²) in [6.45, 7) is 1.07. The van der Waals surface area contributed by atoms with Gasteiger partial charge in [-0.1, -0.05) is 60.7 Å². The second kappa shape index (κ2) is 7.09. The minimum Gasteiger partial charge on any atom is -0.346 e. The van der Waals surface area contributed by atoms with Gasteiger partial charge in [0.05, 0.1) is 6.04 Å². The minimum atomic E-state index is -0.498. The molecular weight excluding hydrogens is 288 g/mol. The van der Waals surface area contributed by atoms with Crippen molar-refractivity contribution >= 4 is 11.8 Å². The Hall–Kier alpha value is -2.62. The summed E-state index contributed by atoms with van der Waals surface area (Å²) in [5.41, 5.74) is 2.34. The van der Waals surface area contributed by atoms with Crippen LogP contribution in [0, 0.1) is 0 Å². The number of carbonyl (C=O) groups is 2. The first-order chi connectivity index (χ1) is 11.2. The third-order valence-corrected chi connectivity index (χ3v) is 4.19. The molecule has 0 unspecified atom stereocenters. The number of hydrogen-bond acceptors (Lipinski definition) is 2. The standard InChI is InChI=1S/C19H20N2O2/c22-18-19(23)21(12-11-15-7-3-1-4-8-15)17(14-20-18)13-16-9-5-2-6-10-16/h1-10,17H,11-14H2,(H,20,22)/t17-/m0/s1. The summed E-state index contributed by atoms with van der Waals surface area (Å²) in [7, 11) is 0. The molecule has 1 aliphatic heterocycles. The van der Waals surface area contributed by atoms with Crippen LogP contribution in [0.3, 0.4) is 0 Å². The molecule has 3 rings (SSSR count). The number of amides is 2. The van der Waals surface area contributed by atoms with Crippen LogP contribution in [0.2, 0.25) is 0 Å². The van der Waals surface area contributed by atoms with E-state index >= 15 is 0 Å². The predicted molar refractivity (Wildman–Crippen MR) is 88.8 cm³/mol. The number of carbonyl (C=O) groups excluding carboxylic acids is 2. The number of benzene rings is 2. The summed E-state index contributed by atoms with van der Waals surface area (Å²) in [4.78, 5) is 25.7. The zero-order valence-electron chi connectivity index (χ0n) is 12.9. The van der Waals surface area contributed by atoms with E-state index in [9.17, 15) is 9.59 Å². The zero-order chi connectivity index (χ0) is 16.1. The Bertz CT molecular complexity index is 670. The quantitative estimate of drug-likeness (QED) is 0.856. The molecular formula is C19H20N2O2.